The Morgan fingerprint density at radius 3 is 3.12 bits per heavy atom. The van der Waals surface area contributed by atoms with Crippen LogP contribution in [0.25, 0.3) is 10.6 Å². The maximum Gasteiger partial charge on any atom is 0.117 e. The van der Waals surface area contributed by atoms with Crippen LogP contribution in [-0.2, 0) is 7.05 Å². The quantitative estimate of drug-likeness (QED) is 0.922. The van der Waals surface area contributed by atoms with Crippen molar-refractivity contribution in [2.24, 2.45) is 7.05 Å². The zero-order chi connectivity index (χ0) is 11.8. The molecule has 0 radical (unpaired) electrons. The molecule has 17 heavy (non-hydrogen) atoms. The van der Waals surface area contributed by atoms with Crippen LogP contribution in [0, 0.1) is 0 Å². The molecule has 90 valence electrons. The number of nitrogens with one attached hydrogen (secondary N) is 1. The first-order valence-corrected chi connectivity index (χ1v) is 7.44. The van der Waals surface area contributed by atoms with E-state index in [1.807, 2.05) is 11.7 Å². The van der Waals surface area contributed by atoms with Crippen LogP contribution in [0.3, 0.4) is 0 Å². The molecule has 1 atom stereocenters. The topological polar surface area (TPSA) is 29.9 Å². The van der Waals surface area contributed by atoms with E-state index in [4.69, 9.17) is 0 Å². The van der Waals surface area contributed by atoms with Crippen LogP contribution in [0.2, 0.25) is 0 Å². The fraction of sp³-hybridized carbons (Fsp3) is 0.417. The first kappa shape index (κ1) is 11.4. The lowest BCUT2D eigenvalue weighted by Gasteiger charge is -2.10. The summed E-state index contributed by atoms with van der Waals surface area (Å²) >= 11 is 5.45. The number of hydrogen-bond donors (Lipinski definition) is 1. The standard InChI is InChI=1S/C12H14BrN3S/c1-16-12(8-4-2-6-14-8)10(13)11(15-16)9-5-3-7-17-9/h3,5,7-8,14H,2,4,6H2,1H3. The summed E-state index contributed by atoms with van der Waals surface area (Å²) in [4.78, 5) is 1.22. The largest absolute Gasteiger partial charge is 0.309 e. The molecule has 5 heteroatoms. The molecule has 0 aromatic carbocycles. The van der Waals surface area contributed by atoms with E-state index in [-0.39, 0.29) is 0 Å². The molecule has 1 fully saturated rings. The van der Waals surface area contributed by atoms with Crippen molar-refractivity contribution in [3.05, 3.63) is 27.7 Å². The van der Waals surface area contributed by atoms with Crippen LogP contribution in [-0.4, -0.2) is 16.3 Å². The van der Waals surface area contributed by atoms with Crippen molar-refractivity contribution in [1.82, 2.24) is 15.1 Å². The second kappa shape index (κ2) is 4.55. The van der Waals surface area contributed by atoms with Gasteiger partial charge in [0.1, 0.15) is 5.69 Å². The fourth-order valence-corrected chi connectivity index (χ4v) is 4.05. The van der Waals surface area contributed by atoms with Crippen molar-refractivity contribution in [3.63, 3.8) is 0 Å². The Kier molecular flexibility index (Phi) is 3.06. The van der Waals surface area contributed by atoms with Crippen molar-refractivity contribution in [2.45, 2.75) is 18.9 Å². The Morgan fingerprint density at radius 2 is 2.47 bits per heavy atom. The van der Waals surface area contributed by atoms with Crippen LogP contribution < -0.4 is 5.32 Å². The van der Waals surface area contributed by atoms with Crippen LogP contribution >= 0.6 is 27.3 Å². The van der Waals surface area contributed by atoms with Gasteiger partial charge in [-0.1, -0.05) is 6.07 Å². The molecule has 1 N–H and O–H groups in total. The van der Waals surface area contributed by atoms with E-state index in [1.54, 1.807) is 11.3 Å². The molecule has 1 aliphatic heterocycles. The summed E-state index contributed by atoms with van der Waals surface area (Å²) in [5, 5.41) is 10.3. The number of halogens is 1. The molecule has 0 bridgehead atoms. The van der Waals surface area contributed by atoms with Gasteiger partial charge in [-0.05, 0) is 46.8 Å². The molecule has 1 unspecified atom stereocenters. The monoisotopic (exact) mass is 311 g/mol. The highest BCUT2D eigenvalue weighted by atomic mass is 79.9. The third-order valence-electron chi connectivity index (χ3n) is 3.18. The van der Waals surface area contributed by atoms with Crippen molar-refractivity contribution in [2.75, 3.05) is 6.54 Å². The molecule has 0 saturated carbocycles. The molecular formula is C12H14BrN3S. The zero-order valence-corrected chi connectivity index (χ0v) is 12.0. The summed E-state index contributed by atoms with van der Waals surface area (Å²) in [5.74, 6) is 0. The van der Waals surface area contributed by atoms with Gasteiger partial charge < -0.3 is 5.32 Å². The molecule has 0 aliphatic carbocycles. The number of nitrogens with zero attached hydrogens (tertiary/aromatic N) is 2. The molecule has 1 saturated heterocycles. The second-order valence-electron chi connectivity index (χ2n) is 4.30. The number of aryl methyl sites for hydroxylation is 1. The summed E-state index contributed by atoms with van der Waals surface area (Å²) in [6.07, 6.45) is 2.44. The van der Waals surface area contributed by atoms with Gasteiger partial charge in [0, 0.05) is 7.05 Å². The summed E-state index contributed by atoms with van der Waals surface area (Å²) in [5.41, 5.74) is 2.33. The van der Waals surface area contributed by atoms with E-state index in [0.717, 1.165) is 16.7 Å². The molecular weight excluding hydrogens is 298 g/mol. The smallest absolute Gasteiger partial charge is 0.117 e. The molecule has 2 aromatic rings. The Morgan fingerprint density at radius 1 is 1.59 bits per heavy atom. The second-order valence-corrected chi connectivity index (χ2v) is 6.04. The maximum absolute atomic E-state index is 4.64. The lowest BCUT2D eigenvalue weighted by Crippen LogP contribution is -2.16. The van der Waals surface area contributed by atoms with Gasteiger partial charge in [-0.15, -0.1) is 11.3 Å². The van der Waals surface area contributed by atoms with Gasteiger partial charge in [0.15, 0.2) is 0 Å². The molecule has 2 aromatic heterocycles. The average molecular weight is 312 g/mol. The molecule has 0 spiro atoms. The molecule has 3 rings (SSSR count). The first-order valence-electron chi connectivity index (χ1n) is 5.77. The zero-order valence-electron chi connectivity index (χ0n) is 9.61. The number of rotatable bonds is 2. The van der Waals surface area contributed by atoms with E-state index >= 15 is 0 Å². The van der Waals surface area contributed by atoms with Gasteiger partial charge in [-0.25, -0.2) is 0 Å². The Labute approximate surface area is 113 Å². The van der Waals surface area contributed by atoms with Crippen LogP contribution in [0.4, 0.5) is 0 Å². The highest BCUT2D eigenvalue weighted by Crippen LogP contribution is 2.37. The van der Waals surface area contributed by atoms with Crippen molar-refractivity contribution < 1.29 is 0 Å². The van der Waals surface area contributed by atoms with Gasteiger partial charge in [-0.2, -0.15) is 5.10 Å². The third kappa shape index (κ3) is 1.96. The minimum atomic E-state index is 0.440. The number of thiophene rings is 1. The van der Waals surface area contributed by atoms with E-state index in [2.05, 4.69) is 43.9 Å². The minimum Gasteiger partial charge on any atom is -0.309 e. The summed E-state index contributed by atoms with van der Waals surface area (Å²) in [6.45, 7) is 1.11. The Hall–Kier alpha value is -0.650. The van der Waals surface area contributed by atoms with Crippen LogP contribution in [0.1, 0.15) is 24.6 Å². The van der Waals surface area contributed by atoms with Crippen molar-refractivity contribution >= 4 is 27.3 Å². The first-order chi connectivity index (χ1) is 8.27. The van der Waals surface area contributed by atoms with E-state index in [0.29, 0.717) is 6.04 Å². The van der Waals surface area contributed by atoms with E-state index < -0.39 is 0 Å². The number of hydrogen-bond acceptors (Lipinski definition) is 3. The fourth-order valence-electron chi connectivity index (χ4n) is 2.38. The molecule has 3 nitrogen and oxygen atoms in total. The lowest BCUT2D eigenvalue weighted by atomic mass is 10.1. The van der Waals surface area contributed by atoms with Gasteiger partial charge in [0.05, 0.1) is 21.1 Å². The minimum absolute atomic E-state index is 0.440. The molecule has 3 heterocycles. The summed E-state index contributed by atoms with van der Waals surface area (Å²) in [7, 11) is 2.02. The lowest BCUT2D eigenvalue weighted by molar-refractivity contribution is 0.572. The summed E-state index contributed by atoms with van der Waals surface area (Å²) in [6, 6.07) is 4.62. The highest BCUT2D eigenvalue weighted by Gasteiger charge is 2.25. The number of aromatic nitrogens is 2. The van der Waals surface area contributed by atoms with Crippen LogP contribution in [0.5, 0.6) is 0 Å². The summed E-state index contributed by atoms with van der Waals surface area (Å²) < 4.78 is 3.14. The maximum atomic E-state index is 4.64. The van der Waals surface area contributed by atoms with Crippen LogP contribution in [0.15, 0.2) is 22.0 Å². The van der Waals surface area contributed by atoms with Crippen molar-refractivity contribution in [1.29, 1.82) is 0 Å². The highest BCUT2D eigenvalue weighted by molar-refractivity contribution is 9.10. The van der Waals surface area contributed by atoms with E-state index in [1.165, 1.54) is 23.4 Å². The Bertz CT molecular complexity index is 512. The molecule has 0 amide bonds. The van der Waals surface area contributed by atoms with Gasteiger partial charge in [0.25, 0.3) is 0 Å². The van der Waals surface area contributed by atoms with Gasteiger partial charge >= 0.3 is 0 Å². The van der Waals surface area contributed by atoms with Gasteiger partial charge in [0.2, 0.25) is 0 Å². The predicted octanol–water partition coefficient (Wildman–Crippen LogP) is 3.34. The third-order valence-corrected chi connectivity index (χ3v) is 4.83. The molecule has 1 aliphatic rings. The van der Waals surface area contributed by atoms with E-state index in [9.17, 15) is 0 Å². The van der Waals surface area contributed by atoms with Crippen molar-refractivity contribution in [3.8, 4) is 10.6 Å². The average Bonchev–Trinajstić information content (AvgIpc) is 2.99. The van der Waals surface area contributed by atoms with Gasteiger partial charge in [-0.3, -0.25) is 4.68 Å². The Balaban J connectivity index is 2.05. The predicted molar refractivity (Wildman–Crippen MR) is 74.2 cm³/mol. The SMILES string of the molecule is Cn1nc(-c2cccs2)c(Br)c1C1CCCN1. The normalized spacial score (nSPS) is 20.0.